The molecule has 2 saturated heterocycles. The number of likely N-dealkylation sites (tertiary alicyclic amines) is 1. The van der Waals surface area contributed by atoms with Crippen molar-refractivity contribution in [3.63, 3.8) is 0 Å². The van der Waals surface area contributed by atoms with Crippen molar-refractivity contribution in [2.45, 2.75) is 39.0 Å². The van der Waals surface area contributed by atoms with Gasteiger partial charge in [-0.15, -0.1) is 0 Å². The molecular formula is C32H31N7O3. The number of ether oxygens (including phenoxy) is 1. The second kappa shape index (κ2) is 9.52. The van der Waals surface area contributed by atoms with Crippen LogP contribution >= 0.6 is 0 Å². The molecule has 0 spiro atoms. The second-order valence-corrected chi connectivity index (χ2v) is 12.0. The summed E-state index contributed by atoms with van der Waals surface area (Å²) in [5.74, 6) is 0.855. The minimum Gasteiger partial charge on any atom is -0.444 e. The number of aromatic nitrogens is 3. The molecular weight excluding hydrogens is 530 g/mol. The molecule has 0 bridgehead atoms. The van der Waals surface area contributed by atoms with Gasteiger partial charge in [-0.2, -0.15) is 0 Å². The lowest BCUT2D eigenvalue weighted by atomic mass is 10.1. The van der Waals surface area contributed by atoms with Crippen LogP contribution in [-0.2, 0) is 11.3 Å². The Morgan fingerprint density at radius 3 is 2.57 bits per heavy atom. The summed E-state index contributed by atoms with van der Waals surface area (Å²) in [5.41, 5.74) is 6.15. The molecule has 212 valence electrons. The van der Waals surface area contributed by atoms with Gasteiger partial charge in [-0.3, -0.25) is 9.47 Å². The zero-order valence-electron chi connectivity index (χ0n) is 23.8. The van der Waals surface area contributed by atoms with E-state index in [-0.39, 0.29) is 18.2 Å². The van der Waals surface area contributed by atoms with Crippen LogP contribution in [0.1, 0.15) is 26.3 Å². The molecule has 10 nitrogen and oxygen atoms in total. The Bertz CT molecular complexity index is 1750. The van der Waals surface area contributed by atoms with E-state index >= 15 is 0 Å². The largest absolute Gasteiger partial charge is 0.444 e. The quantitative estimate of drug-likeness (QED) is 0.262. The Kier molecular flexibility index (Phi) is 5.87. The molecule has 0 atom stereocenters. The van der Waals surface area contributed by atoms with E-state index in [1.807, 2.05) is 67.1 Å². The van der Waals surface area contributed by atoms with Crippen molar-refractivity contribution in [1.82, 2.24) is 23.9 Å². The standard InChI is InChI=1S/C32H31N7O3/c1-32(2,3)42-31(41)36-19-26(20-36)38-14-13-37(30(38)40)25-9-10-27-23(15-25)18-35-17-22(21-5-7-24(33-4)8-6-21)16-28(35)29-34-11-12-39(27)29/h5-12,15-17,26H,13-14,18-20H2,1-3H3. The number of amides is 3. The highest BCUT2D eigenvalue weighted by molar-refractivity contribution is 5.95. The molecule has 3 amide bonds. The van der Waals surface area contributed by atoms with Crippen molar-refractivity contribution in [1.29, 1.82) is 0 Å². The maximum atomic E-state index is 13.5. The fraction of sp³-hybridized carbons (Fsp3) is 0.312. The summed E-state index contributed by atoms with van der Waals surface area (Å²) >= 11 is 0. The smallest absolute Gasteiger partial charge is 0.410 e. The van der Waals surface area contributed by atoms with Gasteiger partial charge >= 0.3 is 12.1 Å². The van der Waals surface area contributed by atoms with Crippen LogP contribution in [0.5, 0.6) is 0 Å². The van der Waals surface area contributed by atoms with Crippen LogP contribution in [-0.4, -0.2) is 73.9 Å². The van der Waals surface area contributed by atoms with E-state index in [4.69, 9.17) is 11.3 Å². The number of hydrogen-bond acceptors (Lipinski definition) is 4. The molecule has 0 radical (unpaired) electrons. The summed E-state index contributed by atoms with van der Waals surface area (Å²) in [5, 5.41) is 0. The predicted molar refractivity (Wildman–Crippen MR) is 159 cm³/mol. The average molecular weight is 562 g/mol. The van der Waals surface area contributed by atoms with Crippen molar-refractivity contribution in [3.8, 4) is 28.3 Å². The number of imidazole rings is 1. The molecule has 7 rings (SSSR count). The summed E-state index contributed by atoms with van der Waals surface area (Å²) in [6, 6.07) is 15.9. The Hall–Kier alpha value is -5.04. The minimum atomic E-state index is -0.543. The second-order valence-electron chi connectivity index (χ2n) is 12.0. The highest BCUT2D eigenvalue weighted by Crippen LogP contribution is 2.36. The van der Waals surface area contributed by atoms with Gasteiger partial charge in [0.25, 0.3) is 0 Å². The van der Waals surface area contributed by atoms with E-state index in [0.29, 0.717) is 38.4 Å². The Morgan fingerprint density at radius 1 is 1.05 bits per heavy atom. The van der Waals surface area contributed by atoms with Gasteiger partial charge < -0.3 is 19.1 Å². The van der Waals surface area contributed by atoms with Gasteiger partial charge in [-0.25, -0.2) is 19.4 Å². The molecule has 2 aromatic carbocycles. The first-order valence-electron chi connectivity index (χ1n) is 14.1. The molecule has 2 fully saturated rings. The zero-order chi connectivity index (χ0) is 29.2. The number of carbonyl (C=O) groups is 2. The first kappa shape index (κ1) is 25.9. The van der Waals surface area contributed by atoms with E-state index in [1.54, 1.807) is 11.1 Å². The summed E-state index contributed by atoms with van der Waals surface area (Å²) < 4.78 is 9.76. The monoisotopic (exact) mass is 561 g/mol. The maximum Gasteiger partial charge on any atom is 0.410 e. The molecule has 0 N–H and O–H groups in total. The molecule has 3 aliphatic heterocycles. The van der Waals surface area contributed by atoms with Gasteiger partial charge in [-0.1, -0.05) is 24.3 Å². The summed E-state index contributed by atoms with van der Waals surface area (Å²) in [6.45, 7) is 15.6. The van der Waals surface area contributed by atoms with Gasteiger partial charge in [0.2, 0.25) is 0 Å². The Morgan fingerprint density at radius 2 is 1.83 bits per heavy atom. The van der Waals surface area contributed by atoms with Gasteiger partial charge in [0, 0.05) is 62.6 Å². The number of carbonyl (C=O) groups excluding carboxylic acids is 2. The zero-order valence-corrected chi connectivity index (χ0v) is 23.8. The van der Waals surface area contributed by atoms with Crippen molar-refractivity contribution >= 4 is 23.5 Å². The number of hydrogen-bond donors (Lipinski definition) is 0. The first-order valence-corrected chi connectivity index (χ1v) is 14.1. The molecule has 0 saturated carbocycles. The number of rotatable bonds is 3. The fourth-order valence-electron chi connectivity index (χ4n) is 5.95. The van der Waals surface area contributed by atoms with E-state index in [1.165, 1.54) is 0 Å². The SMILES string of the molecule is [C-]#[N+]c1ccc(-c2cc3n(c2)Cc2cc(N4CCN(C5CN(C(=O)OC(C)(C)C)C5)C4=O)ccc2-n2ccnc2-3)cc1. The molecule has 0 unspecified atom stereocenters. The van der Waals surface area contributed by atoms with Crippen molar-refractivity contribution < 1.29 is 14.3 Å². The lowest BCUT2D eigenvalue weighted by molar-refractivity contribution is -0.00601. The molecule has 10 heteroatoms. The molecule has 2 aromatic heterocycles. The highest BCUT2D eigenvalue weighted by atomic mass is 16.6. The normalized spacial score (nSPS) is 16.3. The number of fused-ring (bicyclic) bond motifs is 5. The maximum absolute atomic E-state index is 13.5. The topological polar surface area (TPSA) is 80.2 Å². The highest BCUT2D eigenvalue weighted by Gasteiger charge is 2.43. The summed E-state index contributed by atoms with van der Waals surface area (Å²) in [6.07, 6.45) is 5.57. The van der Waals surface area contributed by atoms with Crippen LogP contribution in [0.15, 0.2) is 67.1 Å². The molecule has 0 aliphatic carbocycles. The van der Waals surface area contributed by atoms with Crippen molar-refractivity contribution in [2.24, 2.45) is 0 Å². The van der Waals surface area contributed by atoms with Crippen LogP contribution in [0.4, 0.5) is 21.0 Å². The fourth-order valence-corrected chi connectivity index (χ4v) is 5.95. The van der Waals surface area contributed by atoms with E-state index in [2.05, 4.69) is 43.4 Å². The molecule has 4 aromatic rings. The molecule has 42 heavy (non-hydrogen) atoms. The van der Waals surface area contributed by atoms with Crippen LogP contribution < -0.4 is 4.90 Å². The lowest BCUT2D eigenvalue weighted by Crippen LogP contribution is -2.62. The van der Waals surface area contributed by atoms with E-state index in [0.717, 1.165) is 39.6 Å². The van der Waals surface area contributed by atoms with Crippen LogP contribution in [0, 0.1) is 6.57 Å². The van der Waals surface area contributed by atoms with Gasteiger partial charge in [0.15, 0.2) is 11.5 Å². The first-order chi connectivity index (χ1) is 20.2. The average Bonchev–Trinajstić information content (AvgIpc) is 3.65. The van der Waals surface area contributed by atoms with Gasteiger partial charge in [0.05, 0.1) is 24.0 Å². The minimum absolute atomic E-state index is 0.00550. The Balaban J connectivity index is 1.12. The summed E-state index contributed by atoms with van der Waals surface area (Å²) in [7, 11) is 0. The summed E-state index contributed by atoms with van der Waals surface area (Å²) in [4.78, 5) is 39.4. The van der Waals surface area contributed by atoms with E-state index < -0.39 is 5.60 Å². The van der Waals surface area contributed by atoms with Crippen LogP contribution in [0.2, 0.25) is 0 Å². The van der Waals surface area contributed by atoms with Gasteiger partial charge in [-0.05, 0) is 56.2 Å². The third-order valence-electron chi connectivity index (χ3n) is 8.07. The Labute approximate surface area is 244 Å². The number of nitrogens with zero attached hydrogens (tertiary/aromatic N) is 7. The number of benzene rings is 2. The van der Waals surface area contributed by atoms with Crippen LogP contribution in [0.3, 0.4) is 0 Å². The number of urea groups is 1. The predicted octanol–water partition coefficient (Wildman–Crippen LogP) is 5.78. The third kappa shape index (κ3) is 4.38. The van der Waals surface area contributed by atoms with Crippen LogP contribution in [0.25, 0.3) is 33.2 Å². The van der Waals surface area contributed by atoms with Crippen molar-refractivity contribution in [3.05, 3.63) is 84.1 Å². The molecule has 5 heterocycles. The van der Waals surface area contributed by atoms with E-state index in [9.17, 15) is 9.59 Å². The van der Waals surface area contributed by atoms with Gasteiger partial charge in [0.1, 0.15) is 5.60 Å². The molecule has 3 aliphatic rings. The third-order valence-corrected chi connectivity index (χ3v) is 8.07. The number of anilines is 1. The van der Waals surface area contributed by atoms with Crippen molar-refractivity contribution in [2.75, 3.05) is 31.1 Å². The lowest BCUT2D eigenvalue weighted by Gasteiger charge is -2.43.